The van der Waals surface area contributed by atoms with Crippen LogP contribution < -0.4 is 0 Å². The van der Waals surface area contributed by atoms with Gasteiger partial charge in [0.05, 0.1) is 0 Å². The zero-order valence-electron chi connectivity index (χ0n) is 6.50. The van der Waals surface area contributed by atoms with Gasteiger partial charge in [0.2, 0.25) is 0 Å². The minimum atomic E-state index is 1.12. The van der Waals surface area contributed by atoms with Crippen molar-refractivity contribution in [3.8, 4) is 0 Å². The highest BCUT2D eigenvalue weighted by atomic mass is 32.2. The Morgan fingerprint density at radius 1 is 1.36 bits per heavy atom. The molecule has 2 rings (SSSR count). The van der Waals surface area contributed by atoms with E-state index in [4.69, 9.17) is 0 Å². The quantitative estimate of drug-likeness (QED) is 0.565. The number of aryl methyl sites for hydroxylation is 1. The van der Waals surface area contributed by atoms with Gasteiger partial charge >= 0.3 is 0 Å². The van der Waals surface area contributed by atoms with Gasteiger partial charge in [-0.2, -0.15) is 0 Å². The number of benzene rings is 1. The molecule has 1 aliphatic rings. The third kappa shape index (κ3) is 1.21. The van der Waals surface area contributed by atoms with Crippen molar-refractivity contribution in [1.82, 2.24) is 0 Å². The minimum Gasteiger partial charge on any atom is -0.121 e. The highest BCUT2D eigenvalue weighted by molar-refractivity contribution is 7.99. The van der Waals surface area contributed by atoms with E-state index in [1.54, 1.807) is 0 Å². The Kier molecular flexibility index (Phi) is 1.74. The molecule has 0 fully saturated rings. The van der Waals surface area contributed by atoms with Crippen LogP contribution in [-0.2, 0) is 0 Å². The minimum absolute atomic E-state index is 1.12. The van der Waals surface area contributed by atoms with Crippen LogP contribution in [0, 0.1) is 6.92 Å². The van der Waals surface area contributed by atoms with E-state index >= 15 is 0 Å². The van der Waals surface area contributed by atoms with Crippen molar-refractivity contribution < 1.29 is 0 Å². The van der Waals surface area contributed by atoms with E-state index in [1.165, 1.54) is 16.0 Å². The van der Waals surface area contributed by atoms with E-state index in [1.807, 2.05) is 11.8 Å². The molecule has 1 aliphatic heterocycles. The Hall–Kier alpha value is -0.690. The molecular weight excluding hydrogens is 152 g/mol. The number of thioether (sulfide) groups is 1. The molecule has 0 saturated carbocycles. The fraction of sp³-hybridized carbons (Fsp3) is 0.200. The van der Waals surface area contributed by atoms with Gasteiger partial charge in [-0.25, -0.2) is 0 Å². The van der Waals surface area contributed by atoms with Gasteiger partial charge in [0.1, 0.15) is 0 Å². The molecular formula is C10H10S. The van der Waals surface area contributed by atoms with Gasteiger partial charge in [-0.3, -0.25) is 0 Å². The third-order valence-corrected chi connectivity index (χ3v) is 3.07. The molecule has 1 aromatic carbocycles. The van der Waals surface area contributed by atoms with Crippen molar-refractivity contribution in [2.45, 2.75) is 11.8 Å². The Morgan fingerprint density at radius 3 is 3.09 bits per heavy atom. The summed E-state index contributed by atoms with van der Waals surface area (Å²) in [5, 5.41) is 0. The molecule has 1 aromatic rings. The van der Waals surface area contributed by atoms with Crippen molar-refractivity contribution in [1.29, 1.82) is 0 Å². The summed E-state index contributed by atoms with van der Waals surface area (Å²) in [6.45, 7) is 2.17. The molecule has 0 spiro atoms. The number of hydrogen-bond donors (Lipinski definition) is 0. The Bertz CT molecular complexity index is 300. The molecule has 0 N–H and O–H groups in total. The van der Waals surface area contributed by atoms with Crippen LogP contribution in [-0.4, -0.2) is 5.75 Å². The van der Waals surface area contributed by atoms with Crippen LogP contribution in [0.3, 0.4) is 0 Å². The molecule has 1 heterocycles. The summed E-state index contributed by atoms with van der Waals surface area (Å²) in [6.07, 6.45) is 4.42. The predicted molar refractivity (Wildman–Crippen MR) is 50.9 cm³/mol. The molecule has 0 saturated heterocycles. The maximum Gasteiger partial charge on any atom is 0.0177 e. The second kappa shape index (κ2) is 2.74. The summed E-state index contributed by atoms with van der Waals surface area (Å²) in [7, 11) is 0. The van der Waals surface area contributed by atoms with Crippen molar-refractivity contribution in [2.75, 3.05) is 5.75 Å². The smallest absolute Gasteiger partial charge is 0.0177 e. The molecule has 0 bridgehead atoms. The standard InChI is InChI=1S/C10H10S/c1-8-4-2-5-9-6-3-7-11-10(8)9/h2-6H,7H2,1H3. The monoisotopic (exact) mass is 162 g/mol. The first-order valence-corrected chi connectivity index (χ1v) is 4.75. The molecule has 1 heteroatoms. The van der Waals surface area contributed by atoms with E-state index in [0.29, 0.717) is 0 Å². The Labute approximate surface area is 71.3 Å². The van der Waals surface area contributed by atoms with Crippen molar-refractivity contribution >= 4 is 17.8 Å². The highest BCUT2D eigenvalue weighted by Gasteiger charge is 2.05. The van der Waals surface area contributed by atoms with E-state index in [0.717, 1.165) is 5.75 Å². The summed E-state index contributed by atoms with van der Waals surface area (Å²) in [4.78, 5) is 1.45. The van der Waals surface area contributed by atoms with Gasteiger partial charge in [-0.1, -0.05) is 30.4 Å². The SMILES string of the molecule is Cc1cccc2c1SCC=C2. The molecule has 0 aliphatic carbocycles. The first-order valence-electron chi connectivity index (χ1n) is 3.77. The Morgan fingerprint density at radius 2 is 2.27 bits per heavy atom. The molecule has 0 amide bonds. The molecule has 0 nitrogen and oxygen atoms in total. The van der Waals surface area contributed by atoms with Crippen LogP contribution in [0.15, 0.2) is 29.2 Å². The zero-order chi connectivity index (χ0) is 7.68. The van der Waals surface area contributed by atoms with Crippen LogP contribution >= 0.6 is 11.8 Å². The summed E-state index contributed by atoms with van der Waals surface area (Å²) in [6, 6.07) is 6.46. The average molecular weight is 162 g/mol. The first kappa shape index (κ1) is 6.99. The predicted octanol–water partition coefficient (Wildman–Crippen LogP) is 3.11. The molecule has 11 heavy (non-hydrogen) atoms. The largest absolute Gasteiger partial charge is 0.121 e. The first-order chi connectivity index (χ1) is 5.38. The third-order valence-electron chi connectivity index (χ3n) is 1.86. The van der Waals surface area contributed by atoms with Gasteiger partial charge in [-0.15, -0.1) is 11.8 Å². The van der Waals surface area contributed by atoms with E-state index in [-0.39, 0.29) is 0 Å². The molecule has 0 unspecified atom stereocenters. The number of fused-ring (bicyclic) bond motifs is 1. The van der Waals surface area contributed by atoms with Gasteiger partial charge in [0.25, 0.3) is 0 Å². The lowest BCUT2D eigenvalue weighted by atomic mass is 10.1. The van der Waals surface area contributed by atoms with Crippen LogP contribution in [0.4, 0.5) is 0 Å². The lowest BCUT2D eigenvalue weighted by molar-refractivity contribution is 1.27. The fourth-order valence-electron chi connectivity index (χ4n) is 1.31. The van der Waals surface area contributed by atoms with Crippen molar-refractivity contribution in [3.05, 3.63) is 35.4 Å². The fourth-order valence-corrected chi connectivity index (χ4v) is 2.27. The van der Waals surface area contributed by atoms with Gasteiger partial charge in [0, 0.05) is 10.6 Å². The van der Waals surface area contributed by atoms with Crippen molar-refractivity contribution in [2.24, 2.45) is 0 Å². The lowest BCUT2D eigenvalue weighted by Gasteiger charge is -2.11. The van der Waals surface area contributed by atoms with E-state index < -0.39 is 0 Å². The van der Waals surface area contributed by atoms with Crippen LogP contribution in [0.5, 0.6) is 0 Å². The molecule has 0 atom stereocenters. The summed E-state index contributed by atoms with van der Waals surface area (Å²) in [5.74, 6) is 1.12. The van der Waals surface area contributed by atoms with Gasteiger partial charge in [-0.05, 0) is 18.1 Å². The summed E-state index contributed by atoms with van der Waals surface area (Å²) < 4.78 is 0. The topological polar surface area (TPSA) is 0 Å². The second-order valence-electron chi connectivity index (χ2n) is 2.71. The number of hydrogen-bond acceptors (Lipinski definition) is 1. The average Bonchev–Trinajstić information content (AvgIpc) is 2.06. The van der Waals surface area contributed by atoms with Gasteiger partial charge in [0.15, 0.2) is 0 Å². The molecule has 0 radical (unpaired) electrons. The lowest BCUT2D eigenvalue weighted by Crippen LogP contribution is -1.89. The van der Waals surface area contributed by atoms with Crippen LogP contribution in [0.1, 0.15) is 11.1 Å². The zero-order valence-corrected chi connectivity index (χ0v) is 7.32. The van der Waals surface area contributed by atoms with Gasteiger partial charge < -0.3 is 0 Å². The maximum atomic E-state index is 2.21. The maximum absolute atomic E-state index is 2.21. The molecule has 0 aromatic heterocycles. The van der Waals surface area contributed by atoms with Crippen molar-refractivity contribution in [3.63, 3.8) is 0 Å². The summed E-state index contributed by atoms with van der Waals surface area (Å²) >= 11 is 1.93. The summed E-state index contributed by atoms with van der Waals surface area (Å²) in [5.41, 5.74) is 2.78. The highest BCUT2D eigenvalue weighted by Crippen LogP contribution is 2.30. The normalized spacial score (nSPS) is 14.6. The van der Waals surface area contributed by atoms with Crippen LogP contribution in [0.2, 0.25) is 0 Å². The van der Waals surface area contributed by atoms with Crippen LogP contribution in [0.25, 0.3) is 6.08 Å². The Balaban J connectivity index is 2.60. The molecule has 56 valence electrons. The second-order valence-corrected chi connectivity index (χ2v) is 3.74. The van der Waals surface area contributed by atoms with E-state index in [2.05, 4.69) is 37.3 Å². The van der Waals surface area contributed by atoms with E-state index in [9.17, 15) is 0 Å². The number of rotatable bonds is 0.